The number of carbonyl (C=O) groups is 1. The number of hydrogen-bond acceptors (Lipinski definition) is 5. The van der Waals surface area contributed by atoms with Crippen LogP contribution in [0.2, 0.25) is 0 Å². The number of fused-ring (bicyclic) bond motifs is 2. The van der Waals surface area contributed by atoms with Crippen molar-refractivity contribution in [2.24, 2.45) is 0 Å². The number of nitrogens with one attached hydrogen (secondary N) is 1. The van der Waals surface area contributed by atoms with Gasteiger partial charge in [-0.2, -0.15) is 0 Å². The van der Waals surface area contributed by atoms with E-state index in [1.807, 2.05) is 0 Å². The van der Waals surface area contributed by atoms with Crippen molar-refractivity contribution >= 4 is 5.97 Å². The molecular formula is C12H20N2O3. The molecule has 2 bridgehead atoms. The van der Waals surface area contributed by atoms with Crippen LogP contribution in [0.1, 0.15) is 32.6 Å². The number of nitrogens with zero attached hydrogens (tertiary/aromatic N) is 1. The van der Waals surface area contributed by atoms with Crippen LogP contribution in [-0.2, 0) is 9.53 Å². The molecule has 0 aromatic heterocycles. The molecule has 3 unspecified atom stereocenters. The van der Waals surface area contributed by atoms with Crippen molar-refractivity contribution in [1.82, 2.24) is 10.2 Å². The summed E-state index contributed by atoms with van der Waals surface area (Å²) in [6.45, 7) is 3.39. The van der Waals surface area contributed by atoms with Gasteiger partial charge in [0, 0.05) is 44.9 Å². The van der Waals surface area contributed by atoms with Crippen LogP contribution in [0.4, 0.5) is 0 Å². The molecule has 0 radical (unpaired) electrons. The van der Waals surface area contributed by atoms with Crippen LogP contribution in [0.5, 0.6) is 0 Å². The molecule has 0 saturated carbocycles. The number of ether oxygens (including phenoxy) is 1. The van der Waals surface area contributed by atoms with E-state index in [-0.39, 0.29) is 12.1 Å². The van der Waals surface area contributed by atoms with Gasteiger partial charge in [0.1, 0.15) is 0 Å². The van der Waals surface area contributed by atoms with Crippen molar-refractivity contribution in [1.29, 1.82) is 0 Å². The summed E-state index contributed by atoms with van der Waals surface area (Å²) in [6, 6.07) is 0.847. The van der Waals surface area contributed by atoms with E-state index < -0.39 is 5.72 Å². The highest BCUT2D eigenvalue weighted by Crippen LogP contribution is 2.46. The van der Waals surface area contributed by atoms with Crippen molar-refractivity contribution in [3.05, 3.63) is 0 Å². The number of carbonyl (C=O) groups excluding carboxylic acids is 1. The molecule has 0 aromatic rings. The second kappa shape index (κ2) is 3.93. The molecule has 3 atom stereocenters. The lowest BCUT2D eigenvalue weighted by Crippen LogP contribution is -2.68. The van der Waals surface area contributed by atoms with Gasteiger partial charge in [0.15, 0.2) is 5.72 Å². The summed E-state index contributed by atoms with van der Waals surface area (Å²) in [4.78, 5) is 13.7. The molecule has 2 N–H and O–H groups in total. The van der Waals surface area contributed by atoms with Crippen LogP contribution in [0, 0.1) is 0 Å². The first-order valence-electron chi connectivity index (χ1n) is 6.47. The van der Waals surface area contributed by atoms with E-state index in [4.69, 9.17) is 4.74 Å². The summed E-state index contributed by atoms with van der Waals surface area (Å²) in [5.74, 6) is -0.239. The van der Waals surface area contributed by atoms with Crippen molar-refractivity contribution in [2.75, 3.05) is 13.1 Å². The molecule has 3 heterocycles. The third-order valence-corrected chi connectivity index (χ3v) is 4.32. The third kappa shape index (κ3) is 1.77. The molecule has 5 heteroatoms. The molecule has 0 aliphatic carbocycles. The molecule has 3 aliphatic heterocycles. The van der Waals surface area contributed by atoms with Gasteiger partial charge in [0.05, 0.1) is 6.10 Å². The van der Waals surface area contributed by atoms with Crippen LogP contribution in [-0.4, -0.2) is 53.0 Å². The summed E-state index contributed by atoms with van der Waals surface area (Å²) < 4.78 is 5.61. The Hall–Kier alpha value is -0.650. The van der Waals surface area contributed by atoms with E-state index in [1.54, 1.807) is 0 Å². The highest BCUT2D eigenvalue weighted by Gasteiger charge is 2.56. The quantitative estimate of drug-likeness (QED) is 0.657. The topological polar surface area (TPSA) is 61.8 Å². The standard InChI is InChI=1S/C12H20N2O3/c1-8(15)17-12-3-2-9(4-11(16)5-12)14(12)10-6-13-7-10/h9-11,13,16H,2-7H2,1H3. The van der Waals surface area contributed by atoms with Crippen molar-refractivity contribution in [3.63, 3.8) is 0 Å². The SMILES string of the molecule is CC(=O)OC12CCC(CC(O)C1)N2C1CNC1. The Bertz CT molecular complexity index is 332. The zero-order valence-electron chi connectivity index (χ0n) is 10.2. The number of aliphatic hydroxyl groups excluding tert-OH is 1. The first kappa shape index (κ1) is 11.4. The Morgan fingerprint density at radius 1 is 1.47 bits per heavy atom. The second-order valence-electron chi connectivity index (χ2n) is 5.55. The average Bonchev–Trinajstić information content (AvgIpc) is 2.38. The van der Waals surface area contributed by atoms with Crippen LogP contribution < -0.4 is 5.32 Å². The Kier molecular flexibility index (Phi) is 2.65. The number of piperidine rings is 1. The minimum Gasteiger partial charge on any atom is -0.444 e. The smallest absolute Gasteiger partial charge is 0.304 e. The maximum atomic E-state index is 11.3. The summed E-state index contributed by atoms with van der Waals surface area (Å²) >= 11 is 0. The molecule has 17 heavy (non-hydrogen) atoms. The van der Waals surface area contributed by atoms with Gasteiger partial charge in [-0.15, -0.1) is 0 Å². The lowest BCUT2D eigenvalue weighted by molar-refractivity contribution is -0.207. The van der Waals surface area contributed by atoms with E-state index in [1.165, 1.54) is 6.92 Å². The molecule has 3 saturated heterocycles. The van der Waals surface area contributed by atoms with Gasteiger partial charge in [0.25, 0.3) is 0 Å². The van der Waals surface area contributed by atoms with E-state index in [2.05, 4.69) is 10.2 Å². The van der Waals surface area contributed by atoms with E-state index in [0.29, 0.717) is 18.5 Å². The Labute approximate surface area is 101 Å². The van der Waals surface area contributed by atoms with Crippen molar-refractivity contribution in [3.8, 4) is 0 Å². The molecule has 0 aromatic carbocycles. The summed E-state index contributed by atoms with van der Waals surface area (Å²) in [5.41, 5.74) is -0.527. The van der Waals surface area contributed by atoms with Gasteiger partial charge in [-0.25, -0.2) is 0 Å². The Morgan fingerprint density at radius 3 is 2.82 bits per heavy atom. The van der Waals surface area contributed by atoms with E-state index in [9.17, 15) is 9.90 Å². The summed E-state index contributed by atoms with van der Waals surface area (Å²) in [6.07, 6.45) is 2.95. The average molecular weight is 240 g/mol. The first-order chi connectivity index (χ1) is 8.11. The largest absolute Gasteiger partial charge is 0.444 e. The molecule has 3 aliphatic rings. The minimum absolute atomic E-state index is 0.239. The molecular weight excluding hydrogens is 220 g/mol. The number of hydrogen-bond donors (Lipinski definition) is 2. The van der Waals surface area contributed by atoms with Crippen molar-refractivity contribution < 1.29 is 14.6 Å². The van der Waals surface area contributed by atoms with Gasteiger partial charge in [-0.05, 0) is 12.8 Å². The van der Waals surface area contributed by atoms with Gasteiger partial charge >= 0.3 is 5.97 Å². The molecule has 3 fully saturated rings. The van der Waals surface area contributed by atoms with Crippen LogP contribution in [0.15, 0.2) is 0 Å². The van der Waals surface area contributed by atoms with E-state index >= 15 is 0 Å². The maximum Gasteiger partial charge on any atom is 0.304 e. The maximum absolute atomic E-state index is 11.3. The van der Waals surface area contributed by atoms with Gasteiger partial charge < -0.3 is 15.2 Å². The molecule has 96 valence electrons. The molecule has 0 spiro atoms. The zero-order chi connectivity index (χ0) is 12.0. The van der Waals surface area contributed by atoms with Gasteiger partial charge in [-0.1, -0.05) is 0 Å². The van der Waals surface area contributed by atoms with Crippen LogP contribution >= 0.6 is 0 Å². The molecule has 5 nitrogen and oxygen atoms in total. The third-order valence-electron chi connectivity index (χ3n) is 4.32. The fourth-order valence-electron chi connectivity index (χ4n) is 3.71. The number of esters is 1. The first-order valence-corrected chi connectivity index (χ1v) is 6.47. The minimum atomic E-state index is -0.527. The fraction of sp³-hybridized carbons (Fsp3) is 0.917. The van der Waals surface area contributed by atoms with E-state index in [0.717, 1.165) is 32.4 Å². The zero-order valence-corrected chi connectivity index (χ0v) is 10.2. The number of rotatable bonds is 2. The predicted octanol–water partition coefficient (Wildman–Crippen LogP) is -0.163. The fourth-order valence-corrected chi connectivity index (χ4v) is 3.71. The highest BCUT2D eigenvalue weighted by atomic mass is 16.6. The van der Waals surface area contributed by atoms with Gasteiger partial charge in [-0.3, -0.25) is 9.69 Å². The summed E-state index contributed by atoms with van der Waals surface area (Å²) in [7, 11) is 0. The Balaban J connectivity index is 1.86. The summed E-state index contributed by atoms with van der Waals surface area (Å²) in [5, 5.41) is 13.2. The van der Waals surface area contributed by atoms with Crippen LogP contribution in [0.3, 0.4) is 0 Å². The lowest BCUT2D eigenvalue weighted by Gasteiger charge is -2.51. The van der Waals surface area contributed by atoms with Gasteiger partial charge in [0.2, 0.25) is 0 Å². The second-order valence-corrected chi connectivity index (χ2v) is 5.55. The van der Waals surface area contributed by atoms with Crippen LogP contribution in [0.25, 0.3) is 0 Å². The number of aliphatic hydroxyl groups is 1. The molecule has 0 amide bonds. The normalized spacial score (nSPS) is 42.2. The monoisotopic (exact) mass is 240 g/mol. The highest BCUT2D eigenvalue weighted by molar-refractivity contribution is 5.66. The predicted molar refractivity (Wildman–Crippen MR) is 61.3 cm³/mol. The van der Waals surface area contributed by atoms with Crippen molar-refractivity contribution in [2.45, 2.75) is 56.5 Å². The Morgan fingerprint density at radius 2 is 2.24 bits per heavy atom. The lowest BCUT2D eigenvalue weighted by atomic mass is 9.93. The molecule has 3 rings (SSSR count).